The Morgan fingerprint density at radius 1 is 1.04 bits per heavy atom. The van der Waals surface area contributed by atoms with E-state index in [9.17, 15) is 9.60 Å². The van der Waals surface area contributed by atoms with Gasteiger partial charge in [0, 0.05) is 11.8 Å². The fourth-order valence-corrected chi connectivity index (χ4v) is 3.46. The number of benzene rings is 2. The predicted molar refractivity (Wildman–Crippen MR) is 102 cm³/mol. The van der Waals surface area contributed by atoms with Gasteiger partial charge in [-0.2, -0.15) is 5.06 Å². The molecule has 1 fully saturated rings. The second-order valence-electron chi connectivity index (χ2n) is 6.27. The highest BCUT2D eigenvalue weighted by molar-refractivity contribution is 6.42. The van der Waals surface area contributed by atoms with E-state index in [0.717, 1.165) is 16.2 Å². The molecule has 1 aliphatic heterocycles. The first kappa shape index (κ1) is 18.2. The highest BCUT2D eigenvalue weighted by Crippen LogP contribution is 2.53. The summed E-state index contributed by atoms with van der Waals surface area (Å²) in [6.45, 7) is 0. The van der Waals surface area contributed by atoms with Crippen molar-refractivity contribution in [3.63, 3.8) is 0 Å². The minimum atomic E-state index is -0.568. The standard InChI is InChI=1S/C20H15Cl2FN2O2/c1-27-14-4-2-3-11(7-14)13-9-17(23)18(24-10-13)20-19(25(20)26)12-5-6-15(21)16(22)8-12/h2-10,19-20,26H,1H3/t19-,20+,25?/m0/s1. The van der Waals surface area contributed by atoms with E-state index in [4.69, 9.17) is 27.9 Å². The lowest BCUT2D eigenvalue weighted by molar-refractivity contribution is 0.00377. The molecule has 4 rings (SSSR count). The average Bonchev–Trinajstić information content (AvgIpc) is 3.34. The number of pyridine rings is 1. The predicted octanol–water partition coefficient (Wildman–Crippen LogP) is 5.69. The topological polar surface area (TPSA) is 45.4 Å². The zero-order chi connectivity index (χ0) is 19.1. The Balaban J connectivity index is 1.62. The Morgan fingerprint density at radius 3 is 2.56 bits per heavy atom. The summed E-state index contributed by atoms with van der Waals surface area (Å²) in [7, 11) is 1.58. The van der Waals surface area contributed by atoms with Crippen LogP contribution in [0.1, 0.15) is 23.3 Å². The summed E-state index contributed by atoms with van der Waals surface area (Å²) in [5.74, 6) is 0.197. The molecule has 0 amide bonds. The monoisotopic (exact) mass is 404 g/mol. The molecular formula is C20H15Cl2FN2O2. The molecule has 1 N–H and O–H groups in total. The van der Waals surface area contributed by atoms with Crippen LogP contribution < -0.4 is 4.74 Å². The van der Waals surface area contributed by atoms with Crippen LogP contribution in [0.25, 0.3) is 11.1 Å². The average molecular weight is 405 g/mol. The molecule has 1 aromatic heterocycles. The molecule has 138 valence electrons. The van der Waals surface area contributed by atoms with Crippen LogP contribution >= 0.6 is 23.2 Å². The van der Waals surface area contributed by atoms with Crippen molar-refractivity contribution in [2.45, 2.75) is 12.1 Å². The number of nitrogens with zero attached hydrogens (tertiary/aromatic N) is 2. The summed E-state index contributed by atoms with van der Waals surface area (Å²) in [5.41, 5.74) is 2.35. The van der Waals surface area contributed by atoms with Crippen molar-refractivity contribution >= 4 is 23.2 Å². The van der Waals surface area contributed by atoms with Crippen molar-refractivity contribution in [1.29, 1.82) is 0 Å². The van der Waals surface area contributed by atoms with Crippen molar-refractivity contribution in [2.24, 2.45) is 0 Å². The van der Waals surface area contributed by atoms with Gasteiger partial charge >= 0.3 is 0 Å². The van der Waals surface area contributed by atoms with Crippen LogP contribution in [0.5, 0.6) is 5.75 Å². The summed E-state index contributed by atoms with van der Waals surface area (Å²) >= 11 is 12.0. The molecule has 27 heavy (non-hydrogen) atoms. The molecule has 0 spiro atoms. The fraction of sp³-hybridized carbons (Fsp3) is 0.150. The molecule has 1 unspecified atom stereocenters. The third-order valence-corrected chi connectivity index (χ3v) is 5.36. The fourth-order valence-electron chi connectivity index (χ4n) is 3.15. The molecule has 4 nitrogen and oxygen atoms in total. The molecule has 0 saturated carbocycles. The van der Waals surface area contributed by atoms with Crippen LogP contribution in [0.3, 0.4) is 0 Å². The van der Waals surface area contributed by atoms with Gasteiger partial charge in [-0.25, -0.2) is 4.39 Å². The number of hydroxylamine groups is 2. The number of hydrogen-bond donors (Lipinski definition) is 1. The van der Waals surface area contributed by atoms with Gasteiger partial charge in [0.2, 0.25) is 0 Å². The number of methoxy groups -OCH3 is 1. The number of hydrogen-bond acceptors (Lipinski definition) is 4. The third kappa shape index (κ3) is 3.39. The molecule has 2 aromatic carbocycles. The number of ether oxygens (including phenoxy) is 1. The summed E-state index contributed by atoms with van der Waals surface area (Å²) < 4.78 is 19.9. The third-order valence-electron chi connectivity index (χ3n) is 4.62. The Bertz CT molecular complexity index is 1020. The van der Waals surface area contributed by atoms with Crippen LogP contribution in [-0.4, -0.2) is 22.4 Å². The maximum Gasteiger partial charge on any atom is 0.147 e. The number of rotatable bonds is 4. The van der Waals surface area contributed by atoms with Gasteiger partial charge in [0.1, 0.15) is 17.6 Å². The van der Waals surface area contributed by atoms with Crippen LogP contribution in [0, 0.1) is 5.82 Å². The summed E-state index contributed by atoms with van der Waals surface area (Å²) in [4.78, 5) is 4.26. The van der Waals surface area contributed by atoms with Gasteiger partial charge in [-0.05, 0) is 41.5 Å². The van der Waals surface area contributed by atoms with E-state index in [0.29, 0.717) is 21.4 Å². The minimum Gasteiger partial charge on any atom is -0.497 e. The Morgan fingerprint density at radius 2 is 1.85 bits per heavy atom. The first-order chi connectivity index (χ1) is 13.0. The van der Waals surface area contributed by atoms with Crippen LogP contribution in [0.15, 0.2) is 54.7 Å². The van der Waals surface area contributed by atoms with Crippen LogP contribution in [0.4, 0.5) is 4.39 Å². The lowest BCUT2D eigenvalue weighted by atomic mass is 10.0. The van der Waals surface area contributed by atoms with Gasteiger partial charge in [0.05, 0.1) is 28.9 Å². The summed E-state index contributed by atoms with van der Waals surface area (Å²) in [6.07, 6.45) is 1.59. The Hall–Kier alpha value is -2.18. The molecule has 1 aliphatic rings. The molecule has 0 aliphatic carbocycles. The van der Waals surface area contributed by atoms with Gasteiger partial charge in [-0.15, -0.1) is 0 Å². The smallest absolute Gasteiger partial charge is 0.147 e. The van der Waals surface area contributed by atoms with Crippen molar-refractivity contribution in [3.05, 3.63) is 81.8 Å². The van der Waals surface area contributed by atoms with Crippen molar-refractivity contribution in [2.75, 3.05) is 7.11 Å². The van der Waals surface area contributed by atoms with Gasteiger partial charge < -0.3 is 9.94 Å². The Labute approximate surface area is 165 Å². The number of halogens is 3. The molecule has 0 radical (unpaired) electrons. The Kier molecular flexibility index (Phi) is 4.78. The van der Waals surface area contributed by atoms with Crippen molar-refractivity contribution in [3.8, 4) is 16.9 Å². The summed E-state index contributed by atoms with van der Waals surface area (Å²) in [6, 6.07) is 12.8. The summed E-state index contributed by atoms with van der Waals surface area (Å²) in [5, 5.41) is 12.0. The van der Waals surface area contributed by atoms with E-state index in [1.54, 1.807) is 31.5 Å². The largest absolute Gasteiger partial charge is 0.497 e. The SMILES string of the molecule is COc1cccc(-c2cnc([C@@H]3[C@H](c4ccc(Cl)c(Cl)c4)N3O)c(F)c2)c1. The van der Waals surface area contributed by atoms with Crippen LogP contribution in [-0.2, 0) is 0 Å². The molecule has 3 atom stereocenters. The minimum absolute atomic E-state index is 0.181. The van der Waals surface area contributed by atoms with Crippen LogP contribution in [0.2, 0.25) is 10.0 Å². The highest BCUT2D eigenvalue weighted by Gasteiger charge is 2.51. The van der Waals surface area contributed by atoms with Gasteiger partial charge in [0.15, 0.2) is 0 Å². The zero-order valence-corrected chi connectivity index (χ0v) is 15.7. The molecule has 7 heteroatoms. The van der Waals surface area contributed by atoms with Gasteiger partial charge in [-0.1, -0.05) is 41.4 Å². The highest BCUT2D eigenvalue weighted by atomic mass is 35.5. The van der Waals surface area contributed by atoms with E-state index < -0.39 is 17.9 Å². The normalized spacial score (nSPS) is 21.1. The maximum absolute atomic E-state index is 14.7. The lowest BCUT2D eigenvalue weighted by Gasteiger charge is -2.07. The zero-order valence-electron chi connectivity index (χ0n) is 14.2. The molecular weight excluding hydrogens is 390 g/mol. The van der Waals surface area contributed by atoms with E-state index in [1.165, 1.54) is 6.07 Å². The molecule has 3 aromatic rings. The first-order valence-corrected chi connectivity index (χ1v) is 8.97. The van der Waals surface area contributed by atoms with E-state index in [1.807, 2.05) is 24.3 Å². The van der Waals surface area contributed by atoms with Crippen molar-refractivity contribution < 1.29 is 14.3 Å². The maximum atomic E-state index is 14.7. The second-order valence-corrected chi connectivity index (χ2v) is 7.08. The lowest BCUT2D eigenvalue weighted by Crippen LogP contribution is -1.98. The molecule has 1 saturated heterocycles. The van der Waals surface area contributed by atoms with E-state index in [2.05, 4.69) is 4.98 Å². The first-order valence-electron chi connectivity index (χ1n) is 8.21. The quantitative estimate of drug-likeness (QED) is 0.567. The van der Waals surface area contributed by atoms with Gasteiger partial charge in [-0.3, -0.25) is 4.98 Å². The second kappa shape index (κ2) is 7.09. The molecule has 2 heterocycles. The van der Waals surface area contributed by atoms with Crippen molar-refractivity contribution in [1.82, 2.24) is 10.0 Å². The van der Waals surface area contributed by atoms with E-state index in [-0.39, 0.29) is 5.69 Å². The van der Waals surface area contributed by atoms with Gasteiger partial charge in [0.25, 0.3) is 0 Å². The number of aromatic nitrogens is 1. The molecule has 0 bridgehead atoms. The van der Waals surface area contributed by atoms with E-state index >= 15 is 0 Å².